The third-order valence-electron chi connectivity index (χ3n) is 4.31. The summed E-state index contributed by atoms with van der Waals surface area (Å²) in [6, 6.07) is 14.0. The molecule has 4 nitrogen and oxygen atoms in total. The Balaban J connectivity index is 1.90. The van der Waals surface area contributed by atoms with Crippen molar-refractivity contribution in [1.29, 1.82) is 0 Å². The van der Waals surface area contributed by atoms with Crippen LogP contribution in [0, 0.1) is 19.7 Å². The Labute approximate surface area is 175 Å². The lowest BCUT2D eigenvalue weighted by Crippen LogP contribution is -2.26. The molecule has 29 heavy (non-hydrogen) atoms. The number of nitrogens with zero attached hydrogens (tertiary/aromatic N) is 2. The van der Waals surface area contributed by atoms with Crippen molar-refractivity contribution in [2.45, 2.75) is 56.4 Å². The highest BCUT2D eigenvalue weighted by atomic mass is 32.2. The zero-order chi connectivity index (χ0) is 21.2. The maximum absolute atomic E-state index is 13.1. The van der Waals surface area contributed by atoms with Crippen molar-refractivity contribution in [3.63, 3.8) is 0 Å². The topological polar surface area (TPSA) is 44.1 Å². The van der Waals surface area contributed by atoms with Crippen LogP contribution in [0.1, 0.15) is 37.6 Å². The quantitative estimate of drug-likeness (QED) is 0.505. The normalized spacial score (nSPS) is 11.5. The minimum Gasteiger partial charge on any atom is -0.406 e. The highest BCUT2D eigenvalue weighted by molar-refractivity contribution is 7.99. The Morgan fingerprint density at radius 2 is 1.69 bits per heavy atom. The monoisotopic (exact) mass is 412 g/mol. The van der Waals surface area contributed by atoms with Gasteiger partial charge in [-0.25, -0.2) is 9.07 Å². The third-order valence-corrected chi connectivity index (χ3v) is 5.50. The molecule has 0 aliphatic rings. The number of hydrogen-bond acceptors (Lipinski definition) is 4. The average molecular weight is 413 g/mol. The van der Waals surface area contributed by atoms with Crippen molar-refractivity contribution in [3.05, 3.63) is 71.2 Å². The van der Waals surface area contributed by atoms with Gasteiger partial charge in [0.15, 0.2) is 0 Å². The molecule has 6 heteroatoms. The van der Waals surface area contributed by atoms with Gasteiger partial charge in [0.25, 0.3) is 0 Å². The molecule has 152 valence electrons. The van der Waals surface area contributed by atoms with Crippen molar-refractivity contribution in [2.75, 3.05) is 0 Å². The van der Waals surface area contributed by atoms with E-state index < -0.39 is 5.97 Å². The van der Waals surface area contributed by atoms with Gasteiger partial charge >= 0.3 is 5.97 Å². The Bertz CT molecular complexity index is 1000. The van der Waals surface area contributed by atoms with E-state index in [-0.39, 0.29) is 17.8 Å². The van der Waals surface area contributed by atoms with Gasteiger partial charge in [0.2, 0.25) is 5.88 Å². The van der Waals surface area contributed by atoms with E-state index in [0.717, 1.165) is 15.5 Å². The van der Waals surface area contributed by atoms with Crippen LogP contribution in [0.3, 0.4) is 0 Å². The highest BCUT2D eigenvalue weighted by Gasteiger charge is 2.27. The smallest absolute Gasteiger partial charge is 0.317 e. The number of aromatic nitrogens is 2. The number of benzene rings is 2. The molecule has 0 N–H and O–H groups in total. The number of esters is 1. The molecule has 0 aliphatic carbocycles. The van der Waals surface area contributed by atoms with Crippen LogP contribution in [0.4, 0.5) is 4.39 Å². The van der Waals surface area contributed by atoms with E-state index in [2.05, 4.69) is 5.10 Å². The van der Waals surface area contributed by atoms with Crippen LogP contribution < -0.4 is 4.74 Å². The molecule has 1 heterocycles. The average Bonchev–Trinajstić information content (AvgIpc) is 2.95. The summed E-state index contributed by atoms with van der Waals surface area (Å²) < 4.78 is 20.7. The molecule has 1 aromatic heterocycles. The summed E-state index contributed by atoms with van der Waals surface area (Å²) in [5.41, 5.74) is 2.32. The second-order valence-electron chi connectivity index (χ2n) is 7.99. The first-order chi connectivity index (χ1) is 13.6. The van der Waals surface area contributed by atoms with Crippen LogP contribution in [0.5, 0.6) is 5.88 Å². The second kappa shape index (κ2) is 8.41. The van der Waals surface area contributed by atoms with Crippen molar-refractivity contribution in [1.82, 2.24) is 9.78 Å². The van der Waals surface area contributed by atoms with Gasteiger partial charge in [0, 0.05) is 4.90 Å². The van der Waals surface area contributed by atoms with Crippen LogP contribution in [0.15, 0.2) is 58.3 Å². The first-order valence-electron chi connectivity index (χ1n) is 9.43. The number of ether oxygens (including phenoxy) is 1. The predicted molar refractivity (Wildman–Crippen MR) is 113 cm³/mol. The number of carbonyl (C=O) groups is 1. The van der Waals surface area contributed by atoms with Gasteiger partial charge < -0.3 is 4.74 Å². The van der Waals surface area contributed by atoms with E-state index in [1.807, 2.05) is 58.9 Å². The summed E-state index contributed by atoms with van der Waals surface area (Å²) in [5, 5.41) is 4.64. The second-order valence-corrected chi connectivity index (χ2v) is 9.08. The predicted octanol–water partition coefficient (Wildman–Crippen LogP) is 5.69. The van der Waals surface area contributed by atoms with Gasteiger partial charge in [-0.15, -0.1) is 0 Å². The largest absolute Gasteiger partial charge is 0.406 e. The van der Waals surface area contributed by atoms with Gasteiger partial charge in [0.05, 0.1) is 22.5 Å². The van der Waals surface area contributed by atoms with Gasteiger partial charge in [-0.1, -0.05) is 41.6 Å². The summed E-state index contributed by atoms with van der Waals surface area (Å²) in [7, 11) is 0. The molecule has 0 saturated carbocycles. The summed E-state index contributed by atoms with van der Waals surface area (Å²) in [6.45, 7) is 9.99. The fraction of sp³-hybridized carbons (Fsp3) is 0.304. The maximum Gasteiger partial charge on any atom is 0.317 e. The Kier molecular flexibility index (Phi) is 6.13. The van der Waals surface area contributed by atoms with Crippen molar-refractivity contribution in [2.24, 2.45) is 0 Å². The van der Waals surface area contributed by atoms with Gasteiger partial charge in [0.1, 0.15) is 5.82 Å². The summed E-state index contributed by atoms with van der Waals surface area (Å²) in [6.07, 6.45) is 0.0588. The van der Waals surface area contributed by atoms with Gasteiger partial charge in [-0.2, -0.15) is 5.10 Å². The molecule has 0 amide bonds. The van der Waals surface area contributed by atoms with Crippen LogP contribution >= 0.6 is 11.8 Å². The zero-order valence-corrected chi connectivity index (χ0v) is 18.1. The summed E-state index contributed by atoms with van der Waals surface area (Å²) >= 11 is 1.53. The Hall–Kier alpha value is -2.60. The van der Waals surface area contributed by atoms with Crippen LogP contribution in [0.25, 0.3) is 0 Å². The SMILES string of the molecule is Cc1ccc(Sc2c(C)nn(C(C)(C)C)c2OC(=O)Cc2ccc(F)cc2)cc1. The standard InChI is InChI=1S/C23H25FN2O2S/c1-15-6-12-19(13-7-15)29-21-16(2)25-26(23(3,4)5)22(21)28-20(27)14-17-8-10-18(24)11-9-17/h6-13H,14H2,1-5H3. The number of aryl methyl sites for hydroxylation is 2. The van der Waals surface area contributed by atoms with Crippen LogP contribution in [-0.4, -0.2) is 15.7 Å². The van der Waals surface area contributed by atoms with E-state index in [1.54, 1.807) is 16.8 Å². The lowest BCUT2D eigenvalue weighted by molar-refractivity contribution is -0.134. The molecule has 0 saturated heterocycles. The molecule has 0 spiro atoms. The fourth-order valence-corrected chi connectivity index (χ4v) is 3.70. The number of hydrogen-bond donors (Lipinski definition) is 0. The lowest BCUT2D eigenvalue weighted by atomic mass is 10.1. The minimum atomic E-state index is -0.409. The summed E-state index contributed by atoms with van der Waals surface area (Å²) in [5.74, 6) is -0.305. The Morgan fingerprint density at radius 1 is 1.07 bits per heavy atom. The van der Waals surface area contributed by atoms with E-state index in [4.69, 9.17) is 4.74 Å². The lowest BCUT2D eigenvalue weighted by Gasteiger charge is -2.22. The Morgan fingerprint density at radius 3 is 2.28 bits per heavy atom. The molecule has 0 radical (unpaired) electrons. The van der Waals surface area contributed by atoms with Crippen molar-refractivity contribution in [3.8, 4) is 5.88 Å². The number of halogens is 1. The zero-order valence-electron chi connectivity index (χ0n) is 17.3. The molecular weight excluding hydrogens is 387 g/mol. The van der Waals surface area contributed by atoms with Crippen molar-refractivity contribution < 1.29 is 13.9 Å². The molecule has 2 aromatic carbocycles. The van der Waals surface area contributed by atoms with E-state index in [0.29, 0.717) is 11.4 Å². The molecule has 3 aromatic rings. The van der Waals surface area contributed by atoms with E-state index >= 15 is 0 Å². The first kappa shape index (κ1) is 21.1. The number of carbonyl (C=O) groups excluding carboxylic acids is 1. The molecule has 0 bridgehead atoms. The third kappa shape index (κ3) is 5.26. The molecule has 0 unspecified atom stereocenters. The number of rotatable bonds is 5. The fourth-order valence-electron chi connectivity index (χ4n) is 2.79. The molecule has 3 rings (SSSR count). The maximum atomic E-state index is 13.1. The van der Waals surface area contributed by atoms with Crippen LogP contribution in [0.2, 0.25) is 0 Å². The molecule has 0 fully saturated rings. The molecule has 0 aliphatic heterocycles. The molecule has 0 atom stereocenters. The van der Waals surface area contributed by atoms with Gasteiger partial charge in [-0.05, 0) is 64.4 Å². The summed E-state index contributed by atoms with van der Waals surface area (Å²) in [4.78, 5) is 14.5. The van der Waals surface area contributed by atoms with E-state index in [1.165, 1.54) is 29.5 Å². The first-order valence-corrected chi connectivity index (χ1v) is 10.2. The van der Waals surface area contributed by atoms with Crippen molar-refractivity contribution >= 4 is 17.7 Å². The van der Waals surface area contributed by atoms with Gasteiger partial charge in [-0.3, -0.25) is 4.79 Å². The molecular formula is C23H25FN2O2S. The highest BCUT2D eigenvalue weighted by Crippen LogP contribution is 2.40. The van der Waals surface area contributed by atoms with Crippen LogP contribution in [-0.2, 0) is 16.8 Å². The minimum absolute atomic E-state index is 0.0588. The van der Waals surface area contributed by atoms with E-state index in [9.17, 15) is 9.18 Å².